The second kappa shape index (κ2) is 4.17. The maximum atomic E-state index is 9.45. The van der Waals surface area contributed by atoms with Gasteiger partial charge in [0.05, 0.1) is 11.6 Å². The van der Waals surface area contributed by atoms with E-state index in [-0.39, 0.29) is 6.10 Å². The van der Waals surface area contributed by atoms with Crippen LogP contribution in [0.2, 0.25) is 0 Å². The van der Waals surface area contributed by atoms with E-state index in [1.807, 2.05) is 11.7 Å². The van der Waals surface area contributed by atoms with Gasteiger partial charge in [0.2, 0.25) is 0 Å². The summed E-state index contributed by atoms with van der Waals surface area (Å²) in [6, 6.07) is 0. The smallest absolute Gasteiger partial charge is 0.0794 e. The second-order valence-electron chi connectivity index (χ2n) is 3.50. The molecule has 1 saturated heterocycles. The molecule has 1 aromatic heterocycles. The molecule has 1 aliphatic rings. The Bertz CT molecular complexity index is 250. The molecule has 2 heterocycles. The van der Waals surface area contributed by atoms with Crippen molar-refractivity contribution in [1.29, 1.82) is 0 Å². The predicted molar refractivity (Wildman–Crippen MR) is 52.6 cm³/mol. The van der Waals surface area contributed by atoms with Crippen molar-refractivity contribution in [3.8, 4) is 0 Å². The minimum Gasteiger partial charge on any atom is -0.392 e. The fraction of sp³-hybridized carbons (Fsp3) is 0.667. The highest BCUT2D eigenvalue weighted by Gasteiger charge is 2.17. The van der Waals surface area contributed by atoms with Gasteiger partial charge < -0.3 is 5.11 Å². The lowest BCUT2D eigenvalue weighted by Gasteiger charge is -2.29. The number of rotatable bonds is 2. The fourth-order valence-electron chi connectivity index (χ4n) is 1.72. The number of nitrogens with zero attached hydrogens (tertiary/aromatic N) is 2. The lowest BCUT2D eigenvalue weighted by Crippen LogP contribution is -2.37. The molecular weight excluding hydrogens is 184 g/mol. The molecule has 1 atom stereocenters. The number of thiazole rings is 1. The monoisotopic (exact) mass is 198 g/mol. The van der Waals surface area contributed by atoms with E-state index in [1.165, 1.54) is 4.88 Å². The Hall–Kier alpha value is -0.450. The number of piperidine rings is 1. The lowest BCUT2D eigenvalue weighted by molar-refractivity contribution is 0.0673. The summed E-state index contributed by atoms with van der Waals surface area (Å²) in [5, 5.41) is 9.45. The van der Waals surface area contributed by atoms with Crippen molar-refractivity contribution in [2.24, 2.45) is 0 Å². The summed E-state index contributed by atoms with van der Waals surface area (Å²) in [6.45, 7) is 2.87. The number of aliphatic hydroxyl groups excluding tert-OH is 1. The maximum absolute atomic E-state index is 9.45. The van der Waals surface area contributed by atoms with Crippen molar-refractivity contribution < 1.29 is 5.11 Å². The summed E-state index contributed by atoms with van der Waals surface area (Å²) in [4.78, 5) is 7.62. The van der Waals surface area contributed by atoms with Gasteiger partial charge in [-0.3, -0.25) is 9.88 Å². The fourth-order valence-corrected chi connectivity index (χ4v) is 2.35. The highest BCUT2D eigenvalue weighted by Crippen LogP contribution is 2.15. The summed E-state index contributed by atoms with van der Waals surface area (Å²) < 4.78 is 0. The van der Waals surface area contributed by atoms with Crippen molar-refractivity contribution >= 4 is 11.3 Å². The summed E-state index contributed by atoms with van der Waals surface area (Å²) >= 11 is 1.68. The van der Waals surface area contributed by atoms with E-state index in [1.54, 1.807) is 11.3 Å². The minimum absolute atomic E-state index is 0.123. The van der Waals surface area contributed by atoms with Crippen molar-refractivity contribution in [3.05, 3.63) is 16.6 Å². The van der Waals surface area contributed by atoms with Crippen molar-refractivity contribution in [2.45, 2.75) is 25.5 Å². The van der Waals surface area contributed by atoms with Crippen LogP contribution in [-0.2, 0) is 6.54 Å². The van der Waals surface area contributed by atoms with Gasteiger partial charge in [-0.1, -0.05) is 0 Å². The maximum Gasteiger partial charge on any atom is 0.0794 e. The molecule has 0 saturated carbocycles. The van der Waals surface area contributed by atoms with Crippen molar-refractivity contribution in [3.63, 3.8) is 0 Å². The molecule has 4 heteroatoms. The highest BCUT2D eigenvalue weighted by atomic mass is 32.1. The van der Waals surface area contributed by atoms with Gasteiger partial charge in [0.15, 0.2) is 0 Å². The Kier molecular flexibility index (Phi) is 2.93. The Balaban J connectivity index is 1.87. The topological polar surface area (TPSA) is 36.4 Å². The van der Waals surface area contributed by atoms with E-state index in [2.05, 4.69) is 9.88 Å². The van der Waals surface area contributed by atoms with Crippen LogP contribution >= 0.6 is 11.3 Å². The molecule has 1 aromatic rings. The van der Waals surface area contributed by atoms with Gasteiger partial charge >= 0.3 is 0 Å². The van der Waals surface area contributed by atoms with E-state index >= 15 is 0 Å². The predicted octanol–water partition coefficient (Wildman–Crippen LogP) is 1.10. The van der Waals surface area contributed by atoms with Gasteiger partial charge in [0.1, 0.15) is 0 Å². The first-order valence-electron chi connectivity index (χ1n) is 4.62. The van der Waals surface area contributed by atoms with Gasteiger partial charge in [-0.2, -0.15) is 0 Å². The number of likely N-dealkylation sites (tertiary alicyclic amines) is 1. The first kappa shape index (κ1) is 9.12. The van der Waals surface area contributed by atoms with Gasteiger partial charge in [-0.15, -0.1) is 11.3 Å². The Morgan fingerprint density at radius 2 is 2.62 bits per heavy atom. The van der Waals surface area contributed by atoms with Crippen LogP contribution in [0.3, 0.4) is 0 Å². The minimum atomic E-state index is -0.123. The molecule has 3 nitrogen and oxygen atoms in total. The van der Waals surface area contributed by atoms with Crippen LogP contribution in [-0.4, -0.2) is 34.2 Å². The number of hydrogen-bond donors (Lipinski definition) is 1. The van der Waals surface area contributed by atoms with E-state index in [9.17, 15) is 5.11 Å². The molecule has 0 aromatic carbocycles. The zero-order valence-electron chi connectivity index (χ0n) is 7.52. The SMILES string of the molecule is O[C@@H]1CCCN(Cc2cncs2)C1. The molecule has 1 aliphatic heterocycles. The van der Waals surface area contributed by atoms with Crippen molar-refractivity contribution in [1.82, 2.24) is 9.88 Å². The van der Waals surface area contributed by atoms with E-state index in [0.717, 1.165) is 32.5 Å². The molecule has 0 radical (unpaired) electrons. The molecule has 0 amide bonds. The van der Waals surface area contributed by atoms with Crippen LogP contribution in [0.25, 0.3) is 0 Å². The normalized spacial score (nSPS) is 24.8. The zero-order valence-corrected chi connectivity index (χ0v) is 8.33. The average Bonchev–Trinajstić information content (AvgIpc) is 2.57. The molecule has 13 heavy (non-hydrogen) atoms. The third kappa shape index (κ3) is 2.49. The van der Waals surface area contributed by atoms with Gasteiger partial charge in [0, 0.05) is 24.2 Å². The summed E-state index contributed by atoms with van der Waals surface area (Å²) in [7, 11) is 0. The van der Waals surface area contributed by atoms with Crippen LogP contribution in [0.4, 0.5) is 0 Å². The standard InChI is InChI=1S/C9H14N2OS/c12-8-2-1-3-11(5-8)6-9-4-10-7-13-9/h4,7-8,12H,1-3,5-6H2/t8-/m1/s1. The molecule has 0 unspecified atom stereocenters. The number of hydrogen-bond acceptors (Lipinski definition) is 4. The zero-order chi connectivity index (χ0) is 9.10. The molecule has 0 spiro atoms. The summed E-state index contributed by atoms with van der Waals surface area (Å²) in [6.07, 6.45) is 3.85. The van der Waals surface area contributed by atoms with Gasteiger partial charge in [-0.25, -0.2) is 0 Å². The Morgan fingerprint density at radius 3 is 3.31 bits per heavy atom. The summed E-state index contributed by atoms with van der Waals surface area (Å²) in [5.74, 6) is 0. The molecule has 1 N–H and O–H groups in total. The number of aromatic nitrogens is 1. The number of β-amino-alcohol motifs (C(OH)–C–C–N with tert-alkyl or cyclic N) is 1. The molecule has 72 valence electrons. The van der Waals surface area contributed by atoms with E-state index in [4.69, 9.17) is 0 Å². The molecular formula is C9H14N2OS. The molecule has 1 fully saturated rings. The van der Waals surface area contributed by atoms with Crippen LogP contribution < -0.4 is 0 Å². The molecule has 2 rings (SSSR count). The van der Waals surface area contributed by atoms with E-state index < -0.39 is 0 Å². The van der Waals surface area contributed by atoms with Crippen LogP contribution in [0, 0.1) is 0 Å². The third-order valence-electron chi connectivity index (χ3n) is 2.34. The summed E-state index contributed by atoms with van der Waals surface area (Å²) in [5.41, 5.74) is 1.86. The molecule has 0 aliphatic carbocycles. The van der Waals surface area contributed by atoms with Crippen LogP contribution in [0.5, 0.6) is 0 Å². The Morgan fingerprint density at radius 1 is 1.69 bits per heavy atom. The van der Waals surface area contributed by atoms with Crippen LogP contribution in [0.1, 0.15) is 17.7 Å². The molecule has 0 bridgehead atoms. The number of aliphatic hydroxyl groups is 1. The van der Waals surface area contributed by atoms with E-state index in [0.29, 0.717) is 0 Å². The Labute approximate surface area is 82.0 Å². The van der Waals surface area contributed by atoms with Crippen molar-refractivity contribution in [2.75, 3.05) is 13.1 Å². The lowest BCUT2D eigenvalue weighted by atomic mass is 10.1. The third-order valence-corrected chi connectivity index (χ3v) is 3.11. The van der Waals surface area contributed by atoms with Crippen LogP contribution in [0.15, 0.2) is 11.7 Å². The van der Waals surface area contributed by atoms with Gasteiger partial charge in [0.25, 0.3) is 0 Å². The second-order valence-corrected chi connectivity index (χ2v) is 4.47. The largest absolute Gasteiger partial charge is 0.392 e. The first-order chi connectivity index (χ1) is 6.34. The quantitative estimate of drug-likeness (QED) is 0.773. The first-order valence-corrected chi connectivity index (χ1v) is 5.50. The van der Waals surface area contributed by atoms with Gasteiger partial charge in [-0.05, 0) is 19.4 Å². The highest BCUT2D eigenvalue weighted by molar-refractivity contribution is 7.09. The average molecular weight is 198 g/mol.